The highest BCUT2D eigenvalue weighted by atomic mass is 14.7. The monoisotopic (exact) mass is 339 g/mol. The zero-order valence-electron chi connectivity index (χ0n) is 15.5. The van der Waals surface area contributed by atoms with Crippen molar-refractivity contribution in [3.05, 3.63) is 113 Å². The van der Waals surface area contributed by atoms with E-state index in [4.69, 9.17) is 0 Å². The molecule has 1 heterocycles. The van der Waals surface area contributed by atoms with Gasteiger partial charge in [-0.1, -0.05) is 86.0 Å². The molecule has 2 aromatic rings. The van der Waals surface area contributed by atoms with Crippen molar-refractivity contribution in [2.45, 2.75) is 13.8 Å². The van der Waals surface area contributed by atoms with Crippen molar-refractivity contribution in [1.82, 2.24) is 4.98 Å². The number of allylic oxidation sites excluding steroid dienone is 8. The van der Waals surface area contributed by atoms with Crippen LogP contribution < -0.4 is 10.4 Å². The maximum atomic E-state index is 4.49. The standard InChI is InChI=1S/C25H25N/c1-5-7-8-12-21(4)25-17-16-23(19-26-25)15-14-22(6-2)18-24-13-10-9-11-20(24)3/h5-19H,3-4H2,1-2H3/b7-5-,12-8-,15-14+,22-6?,24-18-. The second-order valence-corrected chi connectivity index (χ2v) is 5.85. The summed E-state index contributed by atoms with van der Waals surface area (Å²) in [7, 11) is 0. The predicted molar refractivity (Wildman–Crippen MR) is 116 cm³/mol. The Balaban J connectivity index is 2.15. The van der Waals surface area contributed by atoms with Gasteiger partial charge in [0.25, 0.3) is 0 Å². The van der Waals surface area contributed by atoms with Crippen molar-refractivity contribution < 1.29 is 0 Å². The third-order valence-electron chi connectivity index (χ3n) is 3.90. The maximum absolute atomic E-state index is 4.49. The van der Waals surface area contributed by atoms with Crippen molar-refractivity contribution in [2.75, 3.05) is 0 Å². The molecule has 26 heavy (non-hydrogen) atoms. The van der Waals surface area contributed by atoms with Crippen LogP contribution in [-0.4, -0.2) is 4.98 Å². The van der Waals surface area contributed by atoms with Crippen LogP contribution in [0.25, 0.3) is 24.3 Å². The maximum Gasteiger partial charge on any atom is 0.0696 e. The first-order chi connectivity index (χ1) is 12.6. The van der Waals surface area contributed by atoms with Crippen LogP contribution in [0.3, 0.4) is 0 Å². The van der Waals surface area contributed by atoms with Crippen molar-refractivity contribution in [1.29, 1.82) is 0 Å². The van der Waals surface area contributed by atoms with Gasteiger partial charge in [0.05, 0.1) is 5.69 Å². The van der Waals surface area contributed by atoms with E-state index >= 15 is 0 Å². The molecule has 0 N–H and O–H groups in total. The number of pyridine rings is 1. The Morgan fingerprint density at radius 2 is 1.81 bits per heavy atom. The first-order valence-corrected chi connectivity index (χ1v) is 8.69. The molecule has 0 saturated carbocycles. The van der Waals surface area contributed by atoms with Crippen molar-refractivity contribution in [3.63, 3.8) is 0 Å². The van der Waals surface area contributed by atoms with Gasteiger partial charge in [-0.15, -0.1) is 0 Å². The Kier molecular flexibility index (Phi) is 7.32. The Hall–Kier alpha value is -3.19. The summed E-state index contributed by atoms with van der Waals surface area (Å²) in [6.07, 6.45) is 18.1. The molecule has 0 aliphatic heterocycles. The van der Waals surface area contributed by atoms with Gasteiger partial charge in [-0.3, -0.25) is 4.98 Å². The lowest BCUT2D eigenvalue weighted by atomic mass is 10.1. The third kappa shape index (κ3) is 5.71. The van der Waals surface area contributed by atoms with Crippen LogP contribution >= 0.6 is 0 Å². The molecule has 0 unspecified atom stereocenters. The molecule has 1 nitrogen and oxygen atoms in total. The van der Waals surface area contributed by atoms with Gasteiger partial charge in [0.15, 0.2) is 0 Å². The van der Waals surface area contributed by atoms with E-state index in [1.165, 1.54) is 0 Å². The van der Waals surface area contributed by atoms with Gasteiger partial charge >= 0.3 is 0 Å². The molecular formula is C25H25N. The topological polar surface area (TPSA) is 12.9 Å². The lowest BCUT2D eigenvalue weighted by Gasteiger charge is -2.00. The zero-order valence-corrected chi connectivity index (χ0v) is 15.5. The van der Waals surface area contributed by atoms with Gasteiger partial charge in [0.1, 0.15) is 0 Å². The minimum absolute atomic E-state index is 0.881. The first-order valence-electron chi connectivity index (χ1n) is 8.69. The minimum Gasteiger partial charge on any atom is -0.256 e. The van der Waals surface area contributed by atoms with Crippen molar-refractivity contribution >= 4 is 24.3 Å². The number of hydrogen-bond donors (Lipinski definition) is 0. The van der Waals surface area contributed by atoms with Crippen molar-refractivity contribution in [2.24, 2.45) is 0 Å². The summed E-state index contributed by atoms with van der Waals surface area (Å²) in [5.41, 5.74) is 3.96. The molecule has 0 bridgehead atoms. The Morgan fingerprint density at radius 1 is 1.00 bits per heavy atom. The molecule has 0 spiro atoms. The van der Waals surface area contributed by atoms with E-state index in [2.05, 4.69) is 54.6 Å². The second kappa shape index (κ2) is 9.95. The number of benzene rings is 1. The Morgan fingerprint density at radius 3 is 2.46 bits per heavy atom. The van der Waals surface area contributed by atoms with Crippen LogP contribution in [0.15, 0.2) is 91.2 Å². The normalized spacial score (nSPS) is 13.3. The Labute approximate surface area is 156 Å². The molecular weight excluding hydrogens is 314 g/mol. The van der Waals surface area contributed by atoms with Crippen LogP contribution in [0, 0.1) is 0 Å². The summed E-state index contributed by atoms with van der Waals surface area (Å²) in [5, 5.41) is 2.15. The predicted octanol–water partition coefficient (Wildman–Crippen LogP) is 5.08. The van der Waals surface area contributed by atoms with Gasteiger partial charge in [0.2, 0.25) is 0 Å². The average Bonchev–Trinajstić information content (AvgIpc) is 2.67. The highest BCUT2D eigenvalue weighted by molar-refractivity contribution is 5.70. The van der Waals surface area contributed by atoms with E-state index in [1.807, 2.05) is 68.6 Å². The highest BCUT2D eigenvalue weighted by Crippen LogP contribution is 2.13. The summed E-state index contributed by atoms with van der Waals surface area (Å²) in [5.74, 6) is 0. The molecule has 1 aromatic carbocycles. The minimum atomic E-state index is 0.881. The molecule has 0 atom stereocenters. The number of nitrogens with zero attached hydrogens (tertiary/aromatic N) is 1. The molecule has 0 saturated heterocycles. The van der Waals surface area contributed by atoms with Gasteiger partial charge in [0, 0.05) is 6.20 Å². The lowest BCUT2D eigenvalue weighted by Crippen LogP contribution is -2.21. The zero-order chi connectivity index (χ0) is 18.8. The second-order valence-electron chi connectivity index (χ2n) is 5.85. The van der Waals surface area contributed by atoms with Gasteiger partial charge < -0.3 is 0 Å². The summed E-state index contributed by atoms with van der Waals surface area (Å²) < 4.78 is 0. The van der Waals surface area contributed by atoms with E-state index in [1.54, 1.807) is 0 Å². The summed E-state index contributed by atoms with van der Waals surface area (Å²) in [6, 6.07) is 12.2. The van der Waals surface area contributed by atoms with E-state index in [0.29, 0.717) is 0 Å². The summed E-state index contributed by atoms with van der Waals surface area (Å²) in [6.45, 7) is 12.1. The van der Waals surface area contributed by atoms with Crippen LogP contribution in [0.4, 0.5) is 0 Å². The van der Waals surface area contributed by atoms with Crippen LogP contribution in [0.5, 0.6) is 0 Å². The van der Waals surface area contributed by atoms with Gasteiger partial charge in [-0.05, 0) is 53.1 Å². The highest BCUT2D eigenvalue weighted by Gasteiger charge is 1.96. The molecule has 1 aromatic heterocycles. The summed E-state index contributed by atoms with van der Waals surface area (Å²) in [4.78, 5) is 4.49. The van der Waals surface area contributed by atoms with Gasteiger partial charge in [-0.25, -0.2) is 0 Å². The molecule has 130 valence electrons. The third-order valence-corrected chi connectivity index (χ3v) is 3.90. The molecule has 0 radical (unpaired) electrons. The van der Waals surface area contributed by atoms with E-state index in [9.17, 15) is 0 Å². The fraction of sp³-hybridized carbons (Fsp3) is 0.0800. The fourth-order valence-electron chi connectivity index (χ4n) is 2.34. The summed E-state index contributed by atoms with van der Waals surface area (Å²) >= 11 is 0. The average molecular weight is 339 g/mol. The van der Waals surface area contributed by atoms with E-state index in [0.717, 1.165) is 32.8 Å². The molecule has 0 aliphatic carbocycles. The molecule has 2 rings (SSSR count). The Bertz CT molecular complexity index is 968. The largest absolute Gasteiger partial charge is 0.256 e. The van der Waals surface area contributed by atoms with Crippen LogP contribution in [0.2, 0.25) is 0 Å². The fourth-order valence-corrected chi connectivity index (χ4v) is 2.34. The molecule has 0 amide bonds. The lowest BCUT2D eigenvalue weighted by molar-refractivity contribution is 1.27. The van der Waals surface area contributed by atoms with Gasteiger partial charge in [-0.2, -0.15) is 0 Å². The molecule has 0 aliphatic rings. The van der Waals surface area contributed by atoms with Crippen LogP contribution in [-0.2, 0) is 0 Å². The molecule has 0 fully saturated rings. The smallest absolute Gasteiger partial charge is 0.0696 e. The van der Waals surface area contributed by atoms with E-state index in [-0.39, 0.29) is 0 Å². The van der Waals surface area contributed by atoms with Crippen LogP contribution in [0.1, 0.15) is 25.1 Å². The van der Waals surface area contributed by atoms with E-state index < -0.39 is 0 Å². The SMILES string of the molecule is C=C(/C=C\C=C/C)c1ccc(/C=C/C(=CC)/C=c2/ccccc2=C)cn1. The first kappa shape index (κ1) is 19.1. The number of rotatable bonds is 6. The number of hydrogen-bond acceptors (Lipinski definition) is 1. The van der Waals surface area contributed by atoms with Crippen molar-refractivity contribution in [3.8, 4) is 0 Å². The quantitative estimate of drug-likeness (QED) is 0.669. The molecule has 1 heteroatoms. The number of aromatic nitrogens is 1.